The fourth-order valence-corrected chi connectivity index (χ4v) is 3.07. The third-order valence-electron chi connectivity index (χ3n) is 4.09. The maximum atomic E-state index is 12.3. The Balaban J connectivity index is 1.86. The number of hydrogen-bond donors (Lipinski definition) is 1. The van der Waals surface area contributed by atoms with E-state index in [0.717, 1.165) is 29.6 Å². The minimum atomic E-state index is -0.499. The van der Waals surface area contributed by atoms with Crippen LogP contribution in [0.25, 0.3) is 11.0 Å². The largest absolute Gasteiger partial charge is 0.444 e. The Morgan fingerprint density at radius 1 is 1.38 bits per heavy atom. The molecule has 0 radical (unpaired) electrons. The van der Waals surface area contributed by atoms with Gasteiger partial charge in [0.05, 0.1) is 17.1 Å². The number of nitrogens with two attached hydrogens (primary N) is 1. The normalized spacial score (nSPS) is 18.8. The summed E-state index contributed by atoms with van der Waals surface area (Å²) in [6.45, 7) is 8.76. The molecule has 8 heteroatoms. The van der Waals surface area contributed by atoms with Crippen LogP contribution in [0.15, 0.2) is 6.33 Å². The van der Waals surface area contributed by atoms with Gasteiger partial charge in [0.25, 0.3) is 0 Å². The summed E-state index contributed by atoms with van der Waals surface area (Å²) in [5, 5.41) is 5.38. The van der Waals surface area contributed by atoms with Crippen LogP contribution in [-0.2, 0) is 4.74 Å². The topological polar surface area (TPSA) is 99.2 Å². The van der Waals surface area contributed by atoms with Crippen molar-refractivity contribution in [3.63, 3.8) is 0 Å². The Labute approximate surface area is 141 Å². The molecule has 1 aliphatic heterocycles. The molecule has 0 spiro atoms. The van der Waals surface area contributed by atoms with E-state index < -0.39 is 5.60 Å². The summed E-state index contributed by atoms with van der Waals surface area (Å²) in [5.74, 6) is 0.434. The molecule has 130 valence electrons. The van der Waals surface area contributed by atoms with E-state index in [9.17, 15) is 4.79 Å². The fraction of sp³-hybridized carbons (Fsp3) is 0.625. The lowest BCUT2D eigenvalue weighted by atomic mass is 10.1. The smallest absolute Gasteiger partial charge is 0.410 e. The van der Waals surface area contributed by atoms with Crippen LogP contribution in [-0.4, -0.2) is 49.4 Å². The first kappa shape index (κ1) is 16.5. The molecule has 1 aliphatic rings. The van der Waals surface area contributed by atoms with Gasteiger partial charge in [-0.2, -0.15) is 5.10 Å². The second kappa shape index (κ2) is 5.92. The first-order valence-corrected chi connectivity index (χ1v) is 8.19. The quantitative estimate of drug-likeness (QED) is 0.860. The number of nitrogens with zero attached hydrogens (tertiary/aromatic N) is 5. The van der Waals surface area contributed by atoms with Crippen LogP contribution < -0.4 is 5.73 Å². The van der Waals surface area contributed by atoms with Crippen molar-refractivity contribution in [3.8, 4) is 0 Å². The van der Waals surface area contributed by atoms with Crippen LogP contribution >= 0.6 is 0 Å². The molecular formula is C16H24N6O2. The van der Waals surface area contributed by atoms with Gasteiger partial charge in [-0.25, -0.2) is 19.4 Å². The zero-order valence-electron chi connectivity index (χ0n) is 14.6. The van der Waals surface area contributed by atoms with Crippen molar-refractivity contribution in [1.29, 1.82) is 0 Å². The molecule has 1 atom stereocenters. The lowest BCUT2D eigenvalue weighted by molar-refractivity contribution is 0.0169. The van der Waals surface area contributed by atoms with Crippen LogP contribution in [0.4, 0.5) is 10.6 Å². The lowest BCUT2D eigenvalue weighted by Gasteiger charge is -2.34. The first-order chi connectivity index (χ1) is 11.3. The zero-order valence-corrected chi connectivity index (χ0v) is 14.6. The molecule has 2 aromatic rings. The molecule has 1 amide bonds. The van der Waals surface area contributed by atoms with Crippen molar-refractivity contribution in [2.45, 2.75) is 52.2 Å². The molecule has 1 fully saturated rings. The Morgan fingerprint density at radius 2 is 2.12 bits per heavy atom. The highest BCUT2D eigenvalue weighted by molar-refractivity contribution is 5.87. The van der Waals surface area contributed by atoms with Crippen LogP contribution in [0.3, 0.4) is 0 Å². The number of fused-ring (bicyclic) bond motifs is 1. The Hall–Kier alpha value is -2.38. The number of carbonyl (C=O) groups is 1. The van der Waals surface area contributed by atoms with E-state index >= 15 is 0 Å². The van der Waals surface area contributed by atoms with E-state index in [1.165, 1.54) is 6.33 Å². The monoisotopic (exact) mass is 332 g/mol. The van der Waals surface area contributed by atoms with Gasteiger partial charge in [0.1, 0.15) is 17.7 Å². The number of aryl methyl sites for hydroxylation is 1. The molecule has 2 aromatic heterocycles. The number of likely N-dealkylation sites (tertiary alicyclic amines) is 1. The number of carbonyl (C=O) groups excluding carboxylic acids is 1. The van der Waals surface area contributed by atoms with Gasteiger partial charge < -0.3 is 15.4 Å². The van der Waals surface area contributed by atoms with Crippen LogP contribution in [0.2, 0.25) is 0 Å². The third-order valence-corrected chi connectivity index (χ3v) is 4.09. The molecule has 0 unspecified atom stereocenters. The number of nitrogen functional groups attached to an aromatic ring is 1. The first-order valence-electron chi connectivity index (χ1n) is 8.19. The van der Waals surface area contributed by atoms with Crippen molar-refractivity contribution in [2.24, 2.45) is 0 Å². The molecule has 0 aliphatic carbocycles. The summed E-state index contributed by atoms with van der Waals surface area (Å²) in [7, 11) is 0. The second-order valence-electron chi connectivity index (χ2n) is 7.21. The number of piperidine rings is 1. The molecule has 2 N–H and O–H groups in total. The van der Waals surface area contributed by atoms with E-state index in [-0.39, 0.29) is 12.1 Å². The minimum Gasteiger partial charge on any atom is -0.444 e. The molecule has 3 heterocycles. The Kier molecular flexibility index (Phi) is 4.06. The predicted molar refractivity (Wildman–Crippen MR) is 90.6 cm³/mol. The van der Waals surface area contributed by atoms with Crippen molar-refractivity contribution < 1.29 is 9.53 Å². The van der Waals surface area contributed by atoms with E-state index in [2.05, 4.69) is 15.1 Å². The molecule has 0 saturated carbocycles. The van der Waals surface area contributed by atoms with E-state index in [4.69, 9.17) is 10.5 Å². The van der Waals surface area contributed by atoms with Gasteiger partial charge >= 0.3 is 6.09 Å². The zero-order chi connectivity index (χ0) is 17.5. The summed E-state index contributed by atoms with van der Waals surface area (Å²) in [4.78, 5) is 22.5. The van der Waals surface area contributed by atoms with E-state index in [1.807, 2.05) is 32.4 Å². The highest BCUT2D eigenvalue weighted by atomic mass is 16.6. The average Bonchev–Trinajstić information content (AvgIpc) is 2.84. The maximum Gasteiger partial charge on any atom is 0.410 e. The van der Waals surface area contributed by atoms with E-state index in [1.54, 1.807) is 4.90 Å². The number of anilines is 1. The van der Waals surface area contributed by atoms with Crippen molar-refractivity contribution in [2.75, 3.05) is 18.8 Å². The van der Waals surface area contributed by atoms with Crippen molar-refractivity contribution in [3.05, 3.63) is 12.0 Å². The standard InChI is InChI=1S/C16H24N6O2/c1-10-12-13(17)18-9-19-14(12)22(20-10)11-6-5-7-21(8-11)15(23)24-16(2,3)4/h9,11H,5-8H2,1-4H3,(H2,17,18,19)/t11-/m1/s1. The number of rotatable bonds is 1. The van der Waals surface area contributed by atoms with Gasteiger partial charge in [0.15, 0.2) is 5.65 Å². The van der Waals surface area contributed by atoms with Gasteiger partial charge in [0.2, 0.25) is 0 Å². The molecule has 8 nitrogen and oxygen atoms in total. The fourth-order valence-electron chi connectivity index (χ4n) is 3.07. The molecule has 24 heavy (non-hydrogen) atoms. The summed E-state index contributed by atoms with van der Waals surface area (Å²) in [6.07, 6.45) is 2.99. The van der Waals surface area contributed by atoms with E-state index in [0.29, 0.717) is 18.9 Å². The van der Waals surface area contributed by atoms with Gasteiger partial charge in [0, 0.05) is 13.1 Å². The lowest BCUT2D eigenvalue weighted by Crippen LogP contribution is -2.43. The van der Waals surface area contributed by atoms with Crippen molar-refractivity contribution in [1.82, 2.24) is 24.6 Å². The molecule has 0 bridgehead atoms. The van der Waals surface area contributed by atoms with Crippen molar-refractivity contribution >= 4 is 22.9 Å². The Morgan fingerprint density at radius 3 is 2.83 bits per heavy atom. The van der Waals surface area contributed by atoms with Crippen LogP contribution in [0, 0.1) is 6.92 Å². The summed E-state index contributed by atoms with van der Waals surface area (Å²) in [6, 6.07) is 0.0526. The molecular weight excluding hydrogens is 308 g/mol. The van der Waals surface area contributed by atoms with Crippen LogP contribution in [0.1, 0.15) is 45.3 Å². The number of aromatic nitrogens is 4. The number of amides is 1. The molecule has 0 aromatic carbocycles. The number of hydrogen-bond acceptors (Lipinski definition) is 6. The Bertz CT molecular complexity index is 764. The maximum absolute atomic E-state index is 12.3. The SMILES string of the molecule is Cc1nn([C@@H]2CCCN(C(=O)OC(C)(C)C)C2)c2ncnc(N)c12. The summed E-state index contributed by atoms with van der Waals surface area (Å²) >= 11 is 0. The predicted octanol–water partition coefficient (Wildman–Crippen LogP) is 2.29. The van der Waals surface area contributed by atoms with Gasteiger partial charge in [-0.05, 0) is 40.5 Å². The highest BCUT2D eigenvalue weighted by Gasteiger charge is 2.30. The van der Waals surface area contributed by atoms with Gasteiger partial charge in [-0.3, -0.25) is 0 Å². The third kappa shape index (κ3) is 3.13. The summed E-state index contributed by atoms with van der Waals surface area (Å²) in [5.41, 5.74) is 6.98. The van der Waals surface area contributed by atoms with Gasteiger partial charge in [-0.1, -0.05) is 0 Å². The number of ether oxygens (including phenoxy) is 1. The molecule has 3 rings (SSSR count). The van der Waals surface area contributed by atoms with Gasteiger partial charge in [-0.15, -0.1) is 0 Å². The highest BCUT2D eigenvalue weighted by Crippen LogP contribution is 2.28. The average molecular weight is 332 g/mol. The molecule has 1 saturated heterocycles. The summed E-state index contributed by atoms with van der Waals surface area (Å²) < 4.78 is 7.36. The van der Waals surface area contributed by atoms with Crippen LogP contribution in [0.5, 0.6) is 0 Å². The second-order valence-corrected chi connectivity index (χ2v) is 7.21. The minimum absolute atomic E-state index is 0.0526.